The highest BCUT2D eigenvalue weighted by Gasteiger charge is 2.06. The molecule has 0 aliphatic carbocycles. The zero-order chi connectivity index (χ0) is 23.3. The number of methoxy groups -OCH3 is 1. The molecule has 0 saturated carbocycles. The molecule has 33 heavy (non-hydrogen) atoms. The highest BCUT2D eigenvalue weighted by Crippen LogP contribution is 2.25. The molecule has 0 unspecified atom stereocenters. The van der Waals surface area contributed by atoms with E-state index in [1.54, 1.807) is 13.4 Å². The lowest BCUT2D eigenvalue weighted by molar-refractivity contribution is -0.136. The molecular weight excluding hydrogens is 412 g/mol. The second-order valence-electron chi connectivity index (χ2n) is 7.50. The Labute approximate surface area is 195 Å². The minimum absolute atomic E-state index is 0.145. The van der Waals surface area contributed by atoms with Crippen LogP contribution in [-0.2, 0) is 16.0 Å². The molecule has 3 aromatic rings. The van der Waals surface area contributed by atoms with Crippen molar-refractivity contribution in [1.82, 2.24) is 0 Å². The van der Waals surface area contributed by atoms with Crippen LogP contribution in [0, 0.1) is 11.8 Å². The van der Waals surface area contributed by atoms with Crippen molar-refractivity contribution in [1.29, 1.82) is 0 Å². The number of benzene rings is 3. The maximum Gasteiger partial charge on any atom is 0.303 e. The van der Waals surface area contributed by atoms with E-state index in [4.69, 9.17) is 14.6 Å². The molecule has 0 aromatic heterocycles. The second kappa shape index (κ2) is 12.8. The van der Waals surface area contributed by atoms with Gasteiger partial charge in [0.05, 0.1) is 20.0 Å². The lowest BCUT2D eigenvalue weighted by Gasteiger charge is -2.10. The smallest absolute Gasteiger partial charge is 0.303 e. The first-order valence-corrected chi connectivity index (χ1v) is 11.0. The van der Waals surface area contributed by atoms with Gasteiger partial charge in [0.1, 0.15) is 5.75 Å². The van der Waals surface area contributed by atoms with E-state index in [0.717, 1.165) is 46.4 Å². The van der Waals surface area contributed by atoms with Crippen molar-refractivity contribution in [3.05, 3.63) is 107 Å². The van der Waals surface area contributed by atoms with Gasteiger partial charge < -0.3 is 14.6 Å². The summed E-state index contributed by atoms with van der Waals surface area (Å²) >= 11 is 0. The Morgan fingerprint density at radius 3 is 2.30 bits per heavy atom. The van der Waals surface area contributed by atoms with Crippen LogP contribution in [0.15, 0.2) is 85.1 Å². The summed E-state index contributed by atoms with van der Waals surface area (Å²) in [6.07, 6.45) is 4.02. The molecule has 0 atom stereocenters. The van der Waals surface area contributed by atoms with Crippen LogP contribution in [0.5, 0.6) is 5.75 Å². The molecule has 168 valence electrons. The molecule has 4 nitrogen and oxygen atoms in total. The molecule has 0 spiro atoms. The molecule has 0 bridgehead atoms. The summed E-state index contributed by atoms with van der Waals surface area (Å²) in [7, 11) is 1.65. The van der Waals surface area contributed by atoms with Crippen molar-refractivity contribution in [2.24, 2.45) is 0 Å². The van der Waals surface area contributed by atoms with Crippen molar-refractivity contribution >= 4 is 11.5 Å². The van der Waals surface area contributed by atoms with Gasteiger partial charge in [-0.05, 0) is 53.8 Å². The Bertz CT molecular complexity index is 1100. The summed E-state index contributed by atoms with van der Waals surface area (Å²) in [5, 5.41) is 8.75. The third kappa shape index (κ3) is 7.90. The Hall–Kier alpha value is -3.97. The van der Waals surface area contributed by atoms with Crippen LogP contribution in [0.4, 0.5) is 0 Å². The van der Waals surface area contributed by atoms with E-state index in [9.17, 15) is 4.79 Å². The summed E-state index contributed by atoms with van der Waals surface area (Å²) in [6.45, 7) is 0.599. The number of aryl methyl sites for hydroxylation is 1. The lowest BCUT2D eigenvalue weighted by Crippen LogP contribution is -1.97. The minimum Gasteiger partial charge on any atom is -0.504 e. The van der Waals surface area contributed by atoms with Crippen LogP contribution < -0.4 is 4.74 Å². The molecule has 0 amide bonds. The third-order valence-corrected chi connectivity index (χ3v) is 5.01. The zero-order valence-electron chi connectivity index (χ0n) is 18.8. The van der Waals surface area contributed by atoms with Crippen molar-refractivity contribution in [3.8, 4) is 17.6 Å². The van der Waals surface area contributed by atoms with E-state index < -0.39 is 5.97 Å². The number of carboxylic acids is 1. The monoisotopic (exact) mass is 440 g/mol. The molecule has 0 saturated heterocycles. The van der Waals surface area contributed by atoms with Crippen molar-refractivity contribution < 1.29 is 19.4 Å². The van der Waals surface area contributed by atoms with Gasteiger partial charge in [0.2, 0.25) is 0 Å². The number of carboxylic acid groups (broad SMARTS) is 1. The summed E-state index contributed by atoms with van der Waals surface area (Å²) in [5.74, 6) is 6.36. The van der Waals surface area contributed by atoms with E-state index in [2.05, 4.69) is 24.0 Å². The molecule has 0 aliphatic rings. The lowest BCUT2D eigenvalue weighted by atomic mass is 9.99. The Kier molecular flexibility index (Phi) is 9.17. The van der Waals surface area contributed by atoms with E-state index >= 15 is 0 Å². The largest absolute Gasteiger partial charge is 0.504 e. The topological polar surface area (TPSA) is 55.8 Å². The van der Waals surface area contributed by atoms with Crippen molar-refractivity contribution in [3.63, 3.8) is 0 Å². The molecule has 0 aliphatic heterocycles. The number of hydrogen-bond donors (Lipinski definition) is 1. The Morgan fingerprint density at radius 2 is 1.64 bits per heavy atom. The molecule has 3 aromatic carbocycles. The first-order valence-electron chi connectivity index (χ1n) is 11.0. The molecule has 0 radical (unpaired) electrons. The fraction of sp³-hybridized carbons (Fsp3) is 0.207. The first kappa shape index (κ1) is 23.7. The van der Waals surface area contributed by atoms with Gasteiger partial charge in [0.15, 0.2) is 0 Å². The summed E-state index contributed by atoms with van der Waals surface area (Å²) < 4.78 is 11.1. The molecule has 0 fully saturated rings. The molecule has 3 rings (SSSR count). The van der Waals surface area contributed by atoms with Gasteiger partial charge in [-0.15, -0.1) is 0 Å². The van der Waals surface area contributed by atoms with Gasteiger partial charge in [-0.3, -0.25) is 4.79 Å². The minimum atomic E-state index is -0.781. The van der Waals surface area contributed by atoms with Crippen LogP contribution in [0.25, 0.3) is 5.57 Å². The second-order valence-corrected chi connectivity index (χ2v) is 7.50. The maximum absolute atomic E-state index is 10.6. The van der Waals surface area contributed by atoms with Gasteiger partial charge >= 0.3 is 5.97 Å². The summed E-state index contributed by atoms with van der Waals surface area (Å²) in [6, 6.07) is 25.9. The van der Waals surface area contributed by atoms with Crippen LogP contribution in [-0.4, -0.2) is 24.8 Å². The highest BCUT2D eigenvalue weighted by molar-refractivity contribution is 5.79. The van der Waals surface area contributed by atoms with Gasteiger partial charge in [0, 0.05) is 24.0 Å². The van der Waals surface area contributed by atoms with E-state index in [-0.39, 0.29) is 6.42 Å². The predicted molar refractivity (Wildman–Crippen MR) is 131 cm³/mol. The summed E-state index contributed by atoms with van der Waals surface area (Å²) in [5.41, 5.74) is 5.13. The molecular formula is C29H28O4. The highest BCUT2D eigenvalue weighted by atomic mass is 16.5. The van der Waals surface area contributed by atoms with E-state index in [0.29, 0.717) is 13.0 Å². The van der Waals surface area contributed by atoms with Crippen LogP contribution in [0.1, 0.15) is 41.5 Å². The van der Waals surface area contributed by atoms with Gasteiger partial charge in [-0.25, -0.2) is 0 Å². The number of hydrogen-bond acceptors (Lipinski definition) is 3. The normalized spacial score (nSPS) is 10.8. The molecule has 1 N–H and O–H groups in total. The number of unbranched alkanes of at least 4 members (excludes halogenated alkanes) is 1. The fourth-order valence-corrected chi connectivity index (χ4v) is 3.29. The van der Waals surface area contributed by atoms with Crippen LogP contribution in [0.3, 0.4) is 0 Å². The van der Waals surface area contributed by atoms with Gasteiger partial charge in [-0.2, -0.15) is 0 Å². The Morgan fingerprint density at radius 1 is 0.939 bits per heavy atom. The number of rotatable bonds is 10. The average Bonchev–Trinajstić information content (AvgIpc) is 2.85. The maximum atomic E-state index is 10.6. The van der Waals surface area contributed by atoms with Crippen molar-refractivity contribution in [2.45, 2.75) is 25.7 Å². The fourth-order valence-electron chi connectivity index (χ4n) is 3.29. The average molecular weight is 441 g/mol. The third-order valence-electron chi connectivity index (χ3n) is 5.01. The van der Waals surface area contributed by atoms with E-state index in [1.807, 2.05) is 66.7 Å². The predicted octanol–water partition coefficient (Wildman–Crippen LogP) is 5.95. The van der Waals surface area contributed by atoms with Crippen LogP contribution >= 0.6 is 0 Å². The number of ether oxygens (including phenoxy) is 2. The van der Waals surface area contributed by atoms with E-state index in [1.165, 1.54) is 0 Å². The Balaban J connectivity index is 1.44. The molecule has 0 heterocycles. The quantitative estimate of drug-likeness (QED) is 0.240. The number of aliphatic carboxylic acids is 1. The molecule has 4 heteroatoms. The SMILES string of the molecule is CO/C=C(/c1ccccc1)c1ccc(OCCCC#Cc2ccc(CCC(=O)O)cc2)cc1. The van der Waals surface area contributed by atoms with Gasteiger partial charge in [0.25, 0.3) is 0 Å². The standard InChI is InChI=1S/C29H28O4/c1-32-22-28(25-9-5-2-6-10-25)26-16-18-27(19-17-26)33-21-7-3-4-8-23-11-13-24(14-12-23)15-20-29(30)31/h2,5-6,9-14,16-19,22H,3,7,15,20-21H2,1H3,(H,30,31)/b28-22-. The zero-order valence-corrected chi connectivity index (χ0v) is 18.8. The van der Waals surface area contributed by atoms with Gasteiger partial charge in [-0.1, -0.05) is 66.4 Å². The van der Waals surface area contributed by atoms with Crippen molar-refractivity contribution in [2.75, 3.05) is 13.7 Å². The number of carbonyl (C=O) groups is 1. The summed E-state index contributed by atoms with van der Waals surface area (Å²) in [4.78, 5) is 10.6. The van der Waals surface area contributed by atoms with Crippen LogP contribution in [0.2, 0.25) is 0 Å². The first-order chi connectivity index (χ1) is 16.2.